The summed E-state index contributed by atoms with van der Waals surface area (Å²) in [5.74, 6) is 0. The van der Waals surface area contributed by atoms with Crippen LogP contribution in [-0.4, -0.2) is 54.5 Å². The highest BCUT2D eigenvalue weighted by molar-refractivity contribution is 9.10. The molecule has 1 fully saturated rings. The quantitative estimate of drug-likeness (QED) is 0.602. The zero-order valence-electron chi connectivity index (χ0n) is 15.9. The summed E-state index contributed by atoms with van der Waals surface area (Å²) in [7, 11) is -4.11. The van der Waals surface area contributed by atoms with Crippen LogP contribution in [0.5, 0.6) is 0 Å². The predicted octanol–water partition coefficient (Wildman–Crippen LogP) is 2.82. The van der Waals surface area contributed by atoms with Gasteiger partial charge in [-0.3, -0.25) is 4.48 Å². The van der Waals surface area contributed by atoms with Gasteiger partial charge in [0.25, 0.3) is 6.09 Å². The lowest BCUT2D eigenvalue weighted by Gasteiger charge is -2.55. The molecule has 2 atom stereocenters. The number of carboxylic acid groups (broad SMARTS) is 1. The number of halogens is 4. The lowest BCUT2D eigenvalue weighted by atomic mass is 9.96. The highest BCUT2D eigenvalue weighted by Gasteiger charge is 2.51. The zero-order valence-corrected chi connectivity index (χ0v) is 18.3. The molecule has 0 aromatic heterocycles. The maximum Gasteiger partial charge on any atom is 0.416 e. The number of quaternary nitrogens is 1. The molecule has 0 saturated carbocycles. The van der Waals surface area contributed by atoms with Crippen molar-refractivity contribution < 1.29 is 36.0 Å². The second-order valence-electron chi connectivity index (χ2n) is 7.88. The first-order chi connectivity index (χ1) is 12.5. The molecular formula is C17H22BrF3N2O4S. The van der Waals surface area contributed by atoms with E-state index in [0.717, 1.165) is 16.4 Å². The van der Waals surface area contributed by atoms with Crippen molar-refractivity contribution in [2.45, 2.75) is 50.3 Å². The van der Waals surface area contributed by atoms with E-state index in [1.807, 2.05) is 0 Å². The van der Waals surface area contributed by atoms with Crippen LogP contribution in [-0.2, 0) is 16.2 Å². The Labute approximate surface area is 170 Å². The van der Waals surface area contributed by atoms with Gasteiger partial charge in [-0.25, -0.2) is 8.42 Å². The third kappa shape index (κ3) is 3.81. The van der Waals surface area contributed by atoms with Crippen LogP contribution in [0, 0.1) is 0 Å². The van der Waals surface area contributed by atoms with E-state index in [-0.39, 0.29) is 29.0 Å². The molecule has 0 radical (unpaired) electrons. The third-order valence-corrected chi connectivity index (χ3v) is 8.16. The minimum Gasteiger partial charge on any atom is -0.498 e. The number of hydrogen-bond acceptors (Lipinski definition) is 4. The Balaban J connectivity index is 2.39. The van der Waals surface area contributed by atoms with Gasteiger partial charge < -0.3 is 9.90 Å². The summed E-state index contributed by atoms with van der Waals surface area (Å²) in [6.07, 6.45) is -5.88. The van der Waals surface area contributed by atoms with Crippen molar-refractivity contribution in [2.75, 3.05) is 19.6 Å². The summed E-state index contributed by atoms with van der Waals surface area (Å²) < 4.78 is 65.0. The van der Waals surface area contributed by atoms with Gasteiger partial charge in [-0.2, -0.15) is 17.5 Å². The molecule has 1 aliphatic heterocycles. The largest absolute Gasteiger partial charge is 0.498 e. The standard InChI is InChI=1S/C17H22BrF3N2O4S/c1-11-10-22(7-8-23(11,15(24)25)16(2,3)4)28(26,27)14-6-5-12(9-13(14)18)17(19,20)21/h5-6,9,11H,7-8,10H2,1-4H3/t11-,23?/m0/s1. The molecule has 1 unspecified atom stereocenters. The van der Waals surface area contributed by atoms with Gasteiger partial charge in [0.15, 0.2) is 0 Å². The summed E-state index contributed by atoms with van der Waals surface area (Å²) in [4.78, 5) is 11.6. The Morgan fingerprint density at radius 2 is 1.86 bits per heavy atom. The normalized spacial score (nSPS) is 24.9. The molecule has 1 amide bonds. The molecule has 1 heterocycles. The van der Waals surface area contributed by atoms with Gasteiger partial charge >= 0.3 is 6.18 Å². The Morgan fingerprint density at radius 3 is 2.25 bits per heavy atom. The van der Waals surface area contributed by atoms with Gasteiger partial charge in [0.1, 0.15) is 6.04 Å². The fraction of sp³-hybridized carbons (Fsp3) is 0.588. The maximum absolute atomic E-state index is 13.0. The number of sulfonamides is 1. The van der Waals surface area contributed by atoms with Gasteiger partial charge in [0.2, 0.25) is 10.0 Å². The molecule has 1 aromatic carbocycles. The van der Waals surface area contributed by atoms with Crippen LogP contribution >= 0.6 is 15.9 Å². The summed E-state index contributed by atoms with van der Waals surface area (Å²) in [6, 6.07) is 1.73. The Morgan fingerprint density at radius 1 is 1.29 bits per heavy atom. The van der Waals surface area contributed by atoms with E-state index in [4.69, 9.17) is 0 Å². The summed E-state index contributed by atoms with van der Waals surface area (Å²) in [5.41, 5.74) is -1.69. The van der Waals surface area contributed by atoms with Gasteiger partial charge in [0.05, 0.1) is 35.6 Å². The number of piperazine rings is 1. The van der Waals surface area contributed by atoms with Crippen molar-refractivity contribution in [1.82, 2.24) is 4.31 Å². The Kier molecular flexibility index (Phi) is 5.99. The predicted molar refractivity (Wildman–Crippen MR) is 97.6 cm³/mol. The topological polar surface area (TPSA) is 77.5 Å². The number of nitrogens with zero attached hydrogens (tertiary/aromatic N) is 2. The molecule has 0 bridgehead atoms. The zero-order chi connectivity index (χ0) is 21.7. The Hall–Kier alpha value is -1.17. The molecule has 1 saturated heterocycles. The molecule has 1 aliphatic rings. The highest BCUT2D eigenvalue weighted by atomic mass is 79.9. The van der Waals surface area contributed by atoms with Crippen molar-refractivity contribution in [2.24, 2.45) is 0 Å². The molecule has 0 N–H and O–H groups in total. The molecule has 158 valence electrons. The van der Waals surface area contributed by atoms with E-state index in [1.165, 1.54) is 0 Å². The van der Waals surface area contributed by atoms with E-state index in [9.17, 15) is 31.5 Å². The number of benzene rings is 1. The fourth-order valence-corrected chi connectivity index (χ4v) is 6.35. The molecule has 1 aromatic rings. The smallest absolute Gasteiger partial charge is 0.416 e. The number of amides is 1. The average molecular weight is 487 g/mol. The number of carbonyl (C=O) groups is 1. The first-order valence-corrected chi connectivity index (χ1v) is 10.7. The van der Waals surface area contributed by atoms with Crippen LogP contribution in [0.4, 0.5) is 18.0 Å². The average Bonchev–Trinajstić information content (AvgIpc) is 2.51. The van der Waals surface area contributed by atoms with Crippen LogP contribution in [0.1, 0.15) is 33.3 Å². The van der Waals surface area contributed by atoms with E-state index in [0.29, 0.717) is 6.07 Å². The van der Waals surface area contributed by atoms with Crippen molar-refractivity contribution in [1.29, 1.82) is 0 Å². The van der Waals surface area contributed by atoms with E-state index >= 15 is 0 Å². The van der Waals surface area contributed by atoms with Gasteiger partial charge in [-0.05, 0) is 61.8 Å². The van der Waals surface area contributed by atoms with Crippen LogP contribution in [0.3, 0.4) is 0 Å². The SMILES string of the molecule is C[C@H]1CN(S(=O)(=O)c2ccc(C(F)(F)F)cc2Br)CC[N+]1(C(=O)[O-])C(C)(C)C. The molecule has 11 heteroatoms. The van der Waals surface area contributed by atoms with Crippen LogP contribution in [0.25, 0.3) is 0 Å². The molecule has 28 heavy (non-hydrogen) atoms. The highest BCUT2D eigenvalue weighted by Crippen LogP contribution is 2.37. The van der Waals surface area contributed by atoms with Gasteiger partial charge in [0, 0.05) is 4.47 Å². The van der Waals surface area contributed by atoms with Gasteiger partial charge in [-0.15, -0.1) is 0 Å². The molecule has 6 nitrogen and oxygen atoms in total. The Bertz CT molecular complexity index is 883. The second-order valence-corrected chi connectivity index (χ2v) is 10.6. The van der Waals surface area contributed by atoms with Crippen LogP contribution < -0.4 is 5.11 Å². The number of carbonyl (C=O) groups excluding carboxylic acids is 1. The number of alkyl halides is 3. The van der Waals surface area contributed by atoms with Crippen molar-refractivity contribution in [3.63, 3.8) is 0 Å². The maximum atomic E-state index is 13.0. The van der Waals surface area contributed by atoms with Crippen LogP contribution in [0.15, 0.2) is 27.6 Å². The van der Waals surface area contributed by atoms with Crippen LogP contribution in [0.2, 0.25) is 0 Å². The van der Waals surface area contributed by atoms with Gasteiger partial charge in [-0.1, -0.05) is 0 Å². The second kappa shape index (κ2) is 7.26. The molecule has 2 rings (SSSR count). The fourth-order valence-electron chi connectivity index (χ4n) is 3.80. The number of rotatable bonds is 2. The van der Waals surface area contributed by atoms with E-state index < -0.39 is 43.9 Å². The summed E-state index contributed by atoms with van der Waals surface area (Å²) in [5, 5.41) is 11.9. The summed E-state index contributed by atoms with van der Waals surface area (Å²) in [6.45, 7) is 6.67. The summed E-state index contributed by atoms with van der Waals surface area (Å²) >= 11 is 2.92. The number of hydrogen-bond donors (Lipinski definition) is 0. The first-order valence-electron chi connectivity index (χ1n) is 8.51. The molecule has 0 aliphatic carbocycles. The lowest BCUT2D eigenvalue weighted by Crippen LogP contribution is -2.76. The first kappa shape index (κ1) is 23.1. The van der Waals surface area contributed by atoms with E-state index in [2.05, 4.69) is 15.9 Å². The van der Waals surface area contributed by atoms with Crippen molar-refractivity contribution in [3.05, 3.63) is 28.2 Å². The van der Waals surface area contributed by atoms with Crippen molar-refractivity contribution >= 4 is 32.0 Å². The molecular weight excluding hydrogens is 465 g/mol. The lowest BCUT2D eigenvalue weighted by molar-refractivity contribution is -0.943. The molecule has 0 spiro atoms. The third-order valence-electron chi connectivity index (χ3n) is 5.32. The van der Waals surface area contributed by atoms with E-state index in [1.54, 1.807) is 27.7 Å². The monoisotopic (exact) mass is 486 g/mol. The minimum absolute atomic E-state index is 0.00944. The van der Waals surface area contributed by atoms with Crippen molar-refractivity contribution in [3.8, 4) is 0 Å². The minimum atomic E-state index is -4.59.